The first-order valence-electron chi connectivity index (χ1n) is 7.13. The molecule has 3 rings (SSSR count). The zero-order valence-electron chi connectivity index (χ0n) is 12.1. The van der Waals surface area contributed by atoms with E-state index in [0.717, 1.165) is 6.07 Å². The molecule has 1 saturated carbocycles. The molecule has 0 aliphatic heterocycles. The van der Waals surface area contributed by atoms with Gasteiger partial charge >= 0.3 is 0 Å². The molecule has 1 aromatic carbocycles. The third-order valence-corrected chi connectivity index (χ3v) is 4.30. The summed E-state index contributed by atoms with van der Waals surface area (Å²) >= 11 is 0. The van der Waals surface area contributed by atoms with Crippen LogP contribution in [0.2, 0.25) is 0 Å². The summed E-state index contributed by atoms with van der Waals surface area (Å²) in [6, 6.07) is 5.47. The van der Waals surface area contributed by atoms with Gasteiger partial charge in [-0.2, -0.15) is 5.26 Å². The fourth-order valence-electron chi connectivity index (χ4n) is 2.75. The number of rotatable bonds is 5. The molecule has 1 fully saturated rings. The molecule has 1 aliphatic rings. The number of nitriles is 1. The second-order valence-electron chi connectivity index (χ2n) is 5.91. The quantitative estimate of drug-likeness (QED) is 0.920. The Kier molecular flexibility index (Phi) is 3.65. The van der Waals surface area contributed by atoms with Gasteiger partial charge in [-0.1, -0.05) is 12.1 Å². The van der Waals surface area contributed by atoms with E-state index in [1.54, 1.807) is 0 Å². The van der Waals surface area contributed by atoms with Crippen LogP contribution in [0.15, 0.2) is 30.7 Å². The van der Waals surface area contributed by atoms with Gasteiger partial charge in [0.25, 0.3) is 0 Å². The monoisotopic (exact) mass is 321 g/mol. The summed E-state index contributed by atoms with van der Waals surface area (Å²) in [5.41, 5.74) is -3.78. The summed E-state index contributed by atoms with van der Waals surface area (Å²) in [5, 5.41) is 19.8. The predicted molar refractivity (Wildman–Crippen MR) is 75.0 cm³/mol. The minimum absolute atomic E-state index is 0.102. The number of benzene rings is 1. The molecule has 120 valence electrons. The van der Waals surface area contributed by atoms with Crippen LogP contribution < -0.4 is 0 Å². The number of hydrogen-bond acceptors (Lipinski definition) is 3. The average molecular weight is 321 g/mol. The van der Waals surface area contributed by atoms with Crippen molar-refractivity contribution in [3.8, 4) is 6.07 Å². The summed E-state index contributed by atoms with van der Waals surface area (Å²) in [7, 11) is 0. The molecular weight excluding hydrogens is 307 g/mol. The summed E-state index contributed by atoms with van der Waals surface area (Å²) in [5.74, 6) is -2.14. The normalized spacial score (nSPS) is 18.2. The van der Waals surface area contributed by atoms with Gasteiger partial charge in [-0.05, 0) is 24.5 Å². The second-order valence-corrected chi connectivity index (χ2v) is 5.91. The van der Waals surface area contributed by atoms with Crippen molar-refractivity contribution in [1.82, 2.24) is 9.55 Å². The van der Waals surface area contributed by atoms with Crippen LogP contribution in [0.5, 0.6) is 0 Å². The fraction of sp³-hybridized carbons (Fsp3) is 0.375. The first-order valence-corrected chi connectivity index (χ1v) is 7.13. The molecule has 2 aromatic rings. The Morgan fingerprint density at radius 3 is 2.78 bits per heavy atom. The number of nitrogens with zero attached hydrogens (tertiary/aromatic N) is 3. The highest BCUT2D eigenvalue weighted by Crippen LogP contribution is 2.51. The Morgan fingerprint density at radius 2 is 2.13 bits per heavy atom. The third-order valence-electron chi connectivity index (χ3n) is 4.30. The van der Waals surface area contributed by atoms with E-state index in [4.69, 9.17) is 5.26 Å². The second kappa shape index (κ2) is 5.39. The van der Waals surface area contributed by atoms with Crippen LogP contribution in [0.4, 0.5) is 13.2 Å². The van der Waals surface area contributed by atoms with Gasteiger partial charge in [-0.25, -0.2) is 18.2 Å². The molecule has 0 bridgehead atoms. The number of alkyl halides is 1. The summed E-state index contributed by atoms with van der Waals surface area (Å²) in [4.78, 5) is 3.79. The molecule has 1 heterocycles. The van der Waals surface area contributed by atoms with Gasteiger partial charge in [0.15, 0.2) is 11.6 Å². The van der Waals surface area contributed by atoms with E-state index in [2.05, 4.69) is 4.98 Å². The van der Waals surface area contributed by atoms with Gasteiger partial charge in [0.2, 0.25) is 0 Å². The van der Waals surface area contributed by atoms with Crippen molar-refractivity contribution >= 4 is 0 Å². The van der Waals surface area contributed by atoms with Crippen molar-refractivity contribution in [1.29, 1.82) is 5.26 Å². The number of hydrogen-bond donors (Lipinski definition) is 1. The minimum Gasteiger partial charge on any atom is -0.384 e. The molecular formula is C16H14F3N3O. The smallest absolute Gasteiger partial charge is 0.162 e. The highest BCUT2D eigenvalue weighted by Gasteiger charge is 2.60. The molecule has 1 aromatic heterocycles. The molecule has 7 heteroatoms. The zero-order chi connectivity index (χ0) is 16.7. The molecule has 0 spiro atoms. The van der Waals surface area contributed by atoms with Crippen LogP contribution in [0, 0.1) is 23.0 Å². The lowest BCUT2D eigenvalue weighted by Gasteiger charge is -2.32. The van der Waals surface area contributed by atoms with Gasteiger partial charge in [0, 0.05) is 6.42 Å². The van der Waals surface area contributed by atoms with Crippen molar-refractivity contribution in [2.24, 2.45) is 0 Å². The SMILES string of the molecule is N#Cc1cncn1CC(O)(Cc1cccc(F)c1F)C1(F)CC1. The zero-order valence-corrected chi connectivity index (χ0v) is 12.1. The van der Waals surface area contributed by atoms with E-state index in [1.165, 1.54) is 29.2 Å². The third kappa shape index (κ3) is 2.70. The van der Waals surface area contributed by atoms with Gasteiger partial charge in [0.1, 0.15) is 23.0 Å². The Hall–Kier alpha value is -2.33. The molecule has 0 amide bonds. The maximum absolute atomic E-state index is 14.7. The lowest BCUT2D eigenvalue weighted by atomic mass is 9.87. The van der Waals surface area contributed by atoms with E-state index >= 15 is 0 Å². The van der Waals surface area contributed by atoms with E-state index < -0.39 is 29.3 Å². The molecule has 4 nitrogen and oxygen atoms in total. The van der Waals surface area contributed by atoms with Gasteiger partial charge < -0.3 is 9.67 Å². The lowest BCUT2D eigenvalue weighted by molar-refractivity contribution is -0.0636. The van der Waals surface area contributed by atoms with E-state index in [9.17, 15) is 18.3 Å². The number of halogens is 3. The average Bonchev–Trinajstić information content (AvgIpc) is 3.12. The lowest BCUT2D eigenvalue weighted by Crippen LogP contribution is -2.48. The van der Waals surface area contributed by atoms with E-state index in [0.29, 0.717) is 0 Å². The molecule has 0 saturated heterocycles. The van der Waals surface area contributed by atoms with Crippen LogP contribution in [0.1, 0.15) is 24.1 Å². The molecule has 23 heavy (non-hydrogen) atoms. The Labute approximate surface area is 130 Å². The first kappa shape index (κ1) is 15.6. The highest BCUT2D eigenvalue weighted by atomic mass is 19.2. The largest absolute Gasteiger partial charge is 0.384 e. The maximum atomic E-state index is 14.7. The first-order chi connectivity index (χ1) is 10.9. The number of imidazole rings is 1. The maximum Gasteiger partial charge on any atom is 0.162 e. The Bertz CT molecular complexity index is 779. The van der Waals surface area contributed by atoms with Crippen LogP contribution in [-0.4, -0.2) is 25.9 Å². The number of aromatic nitrogens is 2. The van der Waals surface area contributed by atoms with Crippen LogP contribution in [-0.2, 0) is 13.0 Å². The molecule has 1 aliphatic carbocycles. The van der Waals surface area contributed by atoms with E-state index in [-0.39, 0.29) is 30.6 Å². The molecule has 0 radical (unpaired) electrons. The topological polar surface area (TPSA) is 61.8 Å². The van der Waals surface area contributed by atoms with Crippen LogP contribution in [0.3, 0.4) is 0 Å². The predicted octanol–water partition coefficient (Wildman–Crippen LogP) is 2.51. The van der Waals surface area contributed by atoms with Crippen molar-refractivity contribution in [2.45, 2.75) is 37.1 Å². The Balaban J connectivity index is 1.95. The van der Waals surface area contributed by atoms with Crippen molar-refractivity contribution in [3.63, 3.8) is 0 Å². The van der Waals surface area contributed by atoms with Crippen molar-refractivity contribution in [2.75, 3.05) is 0 Å². The van der Waals surface area contributed by atoms with Gasteiger partial charge in [-0.15, -0.1) is 0 Å². The van der Waals surface area contributed by atoms with E-state index in [1.807, 2.05) is 6.07 Å². The van der Waals surface area contributed by atoms with Crippen LogP contribution >= 0.6 is 0 Å². The van der Waals surface area contributed by atoms with Crippen molar-refractivity contribution < 1.29 is 18.3 Å². The number of aliphatic hydroxyl groups is 1. The van der Waals surface area contributed by atoms with Crippen molar-refractivity contribution in [3.05, 3.63) is 53.6 Å². The Morgan fingerprint density at radius 1 is 1.39 bits per heavy atom. The summed E-state index contributed by atoms with van der Waals surface area (Å²) in [6.45, 7) is -0.262. The molecule has 1 unspecified atom stereocenters. The minimum atomic E-state index is -1.95. The molecule has 1 N–H and O–H groups in total. The van der Waals surface area contributed by atoms with Gasteiger partial charge in [0.05, 0.1) is 19.1 Å². The summed E-state index contributed by atoms with van der Waals surface area (Å²) in [6.07, 6.45) is 2.47. The highest BCUT2D eigenvalue weighted by molar-refractivity contribution is 5.25. The standard InChI is InChI=1S/C16H14F3N3O/c17-13-3-1-2-11(14(13)18)6-16(23,15(19)4-5-15)9-22-10-21-8-12(22)7-20/h1-3,8,10,23H,4-6,9H2. The van der Waals surface area contributed by atoms with Crippen LogP contribution in [0.25, 0.3) is 0 Å². The fourth-order valence-corrected chi connectivity index (χ4v) is 2.75. The molecule has 1 atom stereocenters. The van der Waals surface area contributed by atoms with Gasteiger partial charge in [-0.3, -0.25) is 0 Å². The summed E-state index contributed by atoms with van der Waals surface area (Å²) < 4.78 is 43.3.